The third-order valence-electron chi connectivity index (χ3n) is 4.24. The van der Waals surface area contributed by atoms with E-state index < -0.39 is 5.97 Å². The van der Waals surface area contributed by atoms with Crippen molar-refractivity contribution < 1.29 is 14.6 Å². The number of carboxylic acid groups (broad SMARTS) is 1. The van der Waals surface area contributed by atoms with Crippen molar-refractivity contribution in [1.29, 1.82) is 0 Å². The van der Waals surface area contributed by atoms with Crippen LogP contribution in [0.15, 0.2) is 24.3 Å². The van der Waals surface area contributed by atoms with Gasteiger partial charge in [0.15, 0.2) is 0 Å². The lowest BCUT2D eigenvalue weighted by Gasteiger charge is -2.17. The fraction of sp³-hybridized carbons (Fsp3) is 0.737. The molecule has 0 saturated carbocycles. The maximum absolute atomic E-state index is 10.4. The number of aliphatic carboxylic acids is 1. The van der Waals surface area contributed by atoms with Crippen molar-refractivity contribution in [3.63, 3.8) is 0 Å². The van der Waals surface area contributed by atoms with Gasteiger partial charge in [0.2, 0.25) is 0 Å². The minimum atomic E-state index is -0.875. The second-order valence-corrected chi connectivity index (χ2v) is 7.28. The summed E-state index contributed by atoms with van der Waals surface area (Å²) in [5.74, 6) is 3.16. The van der Waals surface area contributed by atoms with Gasteiger partial charge >= 0.3 is 5.97 Å². The average molecular weight is 341 g/mol. The molecule has 1 aliphatic rings. The normalized spacial score (nSPS) is 21.6. The highest BCUT2D eigenvalue weighted by Gasteiger charge is 2.26. The summed E-state index contributed by atoms with van der Waals surface area (Å²) in [6, 6.07) is 0. The smallest absolute Gasteiger partial charge is 0.327 e. The zero-order valence-corrected chi connectivity index (χ0v) is 15.2. The first kappa shape index (κ1) is 20.3. The number of ether oxygens (including phenoxy) is 1. The third-order valence-corrected chi connectivity index (χ3v) is 5.57. The van der Waals surface area contributed by atoms with Gasteiger partial charge in [-0.25, -0.2) is 4.79 Å². The molecular weight excluding hydrogens is 308 g/mol. The maximum Gasteiger partial charge on any atom is 0.327 e. The molecule has 1 N–H and O–H groups in total. The molecule has 0 radical (unpaired) electrons. The fourth-order valence-corrected chi connectivity index (χ4v) is 4.39. The highest BCUT2D eigenvalue weighted by molar-refractivity contribution is 7.99. The monoisotopic (exact) mass is 340 g/mol. The minimum absolute atomic E-state index is 0.706. The zero-order chi connectivity index (χ0) is 16.8. The molecule has 132 valence electrons. The Morgan fingerprint density at radius 3 is 2.74 bits per heavy atom. The Balaban J connectivity index is 2.09. The summed E-state index contributed by atoms with van der Waals surface area (Å²) >= 11 is 2.06. The second-order valence-electron chi connectivity index (χ2n) is 6.20. The lowest BCUT2D eigenvalue weighted by atomic mass is 9.90. The lowest BCUT2D eigenvalue weighted by molar-refractivity contribution is -0.131. The molecule has 0 amide bonds. The number of rotatable bonds is 13. The third kappa shape index (κ3) is 10.6. The summed E-state index contributed by atoms with van der Waals surface area (Å²) in [5.41, 5.74) is 0. The summed E-state index contributed by atoms with van der Waals surface area (Å²) in [5, 5.41) is 8.51. The van der Waals surface area contributed by atoms with E-state index in [2.05, 4.69) is 30.8 Å². The largest absolute Gasteiger partial charge is 0.478 e. The Morgan fingerprint density at radius 1 is 1.13 bits per heavy atom. The van der Waals surface area contributed by atoms with Gasteiger partial charge in [-0.05, 0) is 49.0 Å². The molecule has 0 bridgehead atoms. The SMILES string of the molecule is CCCCCCOCC[C@@H]1CSC[C@@H]1CC=CC/C=C\C(=O)O. The van der Waals surface area contributed by atoms with Crippen LogP contribution in [0.25, 0.3) is 0 Å². The number of thioether (sulfide) groups is 1. The van der Waals surface area contributed by atoms with Crippen LogP contribution in [0.1, 0.15) is 51.9 Å². The van der Waals surface area contributed by atoms with Crippen LogP contribution in [0.5, 0.6) is 0 Å². The molecule has 1 heterocycles. The van der Waals surface area contributed by atoms with E-state index in [1.807, 2.05) is 0 Å². The number of hydrogen-bond acceptors (Lipinski definition) is 3. The summed E-state index contributed by atoms with van der Waals surface area (Å²) in [7, 11) is 0. The van der Waals surface area contributed by atoms with Crippen LogP contribution < -0.4 is 0 Å². The van der Waals surface area contributed by atoms with E-state index in [0.29, 0.717) is 6.42 Å². The van der Waals surface area contributed by atoms with Gasteiger partial charge < -0.3 is 9.84 Å². The van der Waals surface area contributed by atoms with Gasteiger partial charge in [-0.1, -0.05) is 44.4 Å². The average Bonchev–Trinajstić information content (AvgIpc) is 2.97. The molecule has 3 nitrogen and oxygen atoms in total. The van der Waals surface area contributed by atoms with Gasteiger partial charge in [-0.2, -0.15) is 11.8 Å². The standard InChI is InChI=1S/C19H32O3S/c1-2-3-4-9-13-22-14-12-18-16-23-15-17(18)10-7-5-6-8-11-19(20)21/h5,7-8,11,17-18H,2-4,6,9-10,12-16H2,1H3,(H,20,21)/b7-5?,11-8-/t17-,18+/m0/s1. The molecule has 1 fully saturated rings. The lowest BCUT2D eigenvalue weighted by Crippen LogP contribution is -2.14. The van der Waals surface area contributed by atoms with E-state index in [4.69, 9.17) is 9.84 Å². The quantitative estimate of drug-likeness (QED) is 0.293. The first-order valence-corrected chi connectivity index (χ1v) is 10.1. The zero-order valence-electron chi connectivity index (χ0n) is 14.4. The first-order chi connectivity index (χ1) is 11.2. The molecule has 0 aromatic carbocycles. The van der Waals surface area contributed by atoms with Crippen LogP contribution in [0.2, 0.25) is 0 Å². The van der Waals surface area contributed by atoms with Gasteiger partial charge in [0.25, 0.3) is 0 Å². The van der Waals surface area contributed by atoms with E-state index >= 15 is 0 Å². The van der Waals surface area contributed by atoms with Crippen molar-refractivity contribution >= 4 is 17.7 Å². The summed E-state index contributed by atoms with van der Waals surface area (Å²) in [6.45, 7) is 4.05. The number of carboxylic acids is 1. The van der Waals surface area contributed by atoms with Crippen LogP contribution in [-0.2, 0) is 9.53 Å². The molecule has 1 aliphatic heterocycles. The molecule has 1 rings (SSSR count). The Labute approximate surface area is 145 Å². The predicted octanol–water partition coefficient (Wildman–Crippen LogP) is 4.93. The summed E-state index contributed by atoms with van der Waals surface area (Å²) in [6.07, 6.45) is 15.3. The maximum atomic E-state index is 10.4. The molecule has 0 aromatic heterocycles. The molecule has 4 heteroatoms. The van der Waals surface area contributed by atoms with Crippen LogP contribution in [-0.4, -0.2) is 35.8 Å². The van der Waals surface area contributed by atoms with Crippen molar-refractivity contribution in [2.45, 2.75) is 51.9 Å². The Hall–Kier alpha value is -0.740. The molecule has 0 unspecified atom stereocenters. The van der Waals surface area contributed by atoms with E-state index in [-0.39, 0.29) is 0 Å². The van der Waals surface area contributed by atoms with Gasteiger partial charge in [0.1, 0.15) is 0 Å². The van der Waals surface area contributed by atoms with Crippen molar-refractivity contribution in [3.8, 4) is 0 Å². The van der Waals surface area contributed by atoms with Crippen LogP contribution in [0, 0.1) is 11.8 Å². The van der Waals surface area contributed by atoms with Crippen molar-refractivity contribution in [2.75, 3.05) is 24.7 Å². The summed E-state index contributed by atoms with van der Waals surface area (Å²) in [4.78, 5) is 10.4. The van der Waals surface area contributed by atoms with Crippen molar-refractivity contribution in [3.05, 3.63) is 24.3 Å². The topological polar surface area (TPSA) is 46.5 Å². The molecule has 23 heavy (non-hydrogen) atoms. The Kier molecular flexibility index (Phi) is 12.1. The van der Waals surface area contributed by atoms with Crippen molar-refractivity contribution in [2.24, 2.45) is 11.8 Å². The van der Waals surface area contributed by atoms with Crippen molar-refractivity contribution in [1.82, 2.24) is 0 Å². The Bertz CT molecular complexity index is 366. The highest BCUT2D eigenvalue weighted by Crippen LogP contribution is 2.34. The fourth-order valence-electron chi connectivity index (χ4n) is 2.80. The second kappa shape index (κ2) is 13.7. The molecule has 0 spiro atoms. The van der Waals surface area contributed by atoms with Gasteiger partial charge in [-0.15, -0.1) is 0 Å². The number of allylic oxidation sites excluding steroid dienone is 3. The summed E-state index contributed by atoms with van der Waals surface area (Å²) < 4.78 is 5.78. The predicted molar refractivity (Wildman–Crippen MR) is 99.0 cm³/mol. The van der Waals surface area contributed by atoms with Gasteiger partial charge in [0, 0.05) is 19.3 Å². The Morgan fingerprint density at radius 2 is 1.96 bits per heavy atom. The first-order valence-electron chi connectivity index (χ1n) is 8.94. The van der Waals surface area contributed by atoms with E-state index in [1.54, 1.807) is 6.08 Å². The minimum Gasteiger partial charge on any atom is -0.478 e. The molecular formula is C19H32O3S. The van der Waals surface area contributed by atoms with Crippen LogP contribution in [0.3, 0.4) is 0 Å². The molecule has 0 aromatic rings. The van der Waals surface area contributed by atoms with Gasteiger partial charge in [-0.3, -0.25) is 0 Å². The number of carbonyl (C=O) groups is 1. The number of unbranched alkanes of at least 4 members (excludes halogenated alkanes) is 3. The van der Waals surface area contributed by atoms with E-state index in [0.717, 1.165) is 31.5 Å². The molecule has 2 atom stereocenters. The van der Waals surface area contributed by atoms with E-state index in [1.165, 1.54) is 49.7 Å². The molecule has 0 aliphatic carbocycles. The highest BCUT2D eigenvalue weighted by atomic mass is 32.2. The number of hydrogen-bond donors (Lipinski definition) is 1. The molecule has 1 saturated heterocycles. The van der Waals surface area contributed by atoms with Crippen LogP contribution in [0.4, 0.5) is 0 Å². The van der Waals surface area contributed by atoms with Crippen LogP contribution >= 0.6 is 11.8 Å². The van der Waals surface area contributed by atoms with Gasteiger partial charge in [0.05, 0.1) is 0 Å². The van der Waals surface area contributed by atoms with E-state index in [9.17, 15) is 4.79 Å².